The lowest BCUT2D eigenvalue weighted by atomic mass is 9.73. The highest BCUT2D eigenvalue weighted by atomic mass is 16.3. The van der Waals surface area contributed by atoms with Crippen LogP contribution < -0.4 is 0 Å². The summed E-state index contributed by atoms with van der Waals surface area (Å²) in [5.41, 5.74) is 1.30. The number of aliphatic hydroxyl groups is 1. The zero-order valence-electron chi connectivity index (χ0n) is 8.75. The Bertz CT molecular complexity index is 401. The van der Waals surface area contributed by atoms with E-state index in [-0.39, 0.29) is 17.5 Å². The quantitative estimate of drug-likeness (QED) is 0.643. The van der Waals surface area contributed by atoms with Crippen molar-refractivity contribution in [3.8, 4) is 0 Å². The third kappa shape index (κ3) is 0.944. The molecule has 2 fully saturated rings. The van der Waals surface area contributed by atoms with Crippen molar-refractivity contribution < 1.29 is 14.7 Å². The highest BCUT2D eigenvalue weighted by molar-refractivity contribution is 6.06. The highest BCUT2D eigenvalue weighted by Crippen LogP contribution is 2.59. The van der Waals surface area contributed by atoms with Crippen LogP contribution in [0, 0.1) is 11.3 Å². The van der Waals surface area contributed by atoms with Crippen molar-refractivity contribution in [2.45, 2.75) is 38.7 Å². The SMILES string of the molecule is CC1=C2C(=O)CC[C@H]2[C@@H](O)C(=O)C12CC2. The summed E-state index contributed by atoms with van der Waals surface area (Å²) in [6.45, 7) is 1.91. The van der Waals surface area contributed by atoms with Gasteiger partial charge in [-0.25, -0.2) is 0 Å². The minimum absolute atomic E-state index is 0.0385. The first-order chi connectivity index (χ1) is 7.08. The van der Waals surface area contributed by atoms with E-state index < -0.39 is 11.5 Å². The lowest BCUT2D eigenvalue weighted by Gasteiger charge is -2.31. The van der Waals surface area contributed by atoms with Gasteiger partial charge in [0.15, 0.2) is 11.6 Å². The lowest BCUT2D eigenvalue weighted by Crippen LogP contribution is -2.41. The minimum atomic E-state index is -0.919. The summed E-state index contributed by atoms with van der Waals surface area (Å²) in [4.78, 5) is 23.7. The standard InChI is InChI=1S/C12H14O3/c1-6-9-7(2-3-8(9)13)10(14)11(15)12(6)4-5-12/h7,10,14H,2-5H2,1H3/t7-,10-/m1/s1. The molecule has 15 heavy (non-hydrogen) atoms. The number of carbonyl (C=O) groups is 2. The fourth-order valence-corrected chi connectivity index (χ4v) is 3.23. The van der Waals surface area contributed by atoms with E-state index in [0.29, 0.717) is 12.8 Å². The largest absolute Gasteiger partial charge is 0.385 e. The van der Waals surface area contributed by atoms with E-state index in [1.807, 2.05) is 6.92 Å². The first-order valence-electron chi connectivity index (χ1n) is 5.55. The fraction of sp³-hybridized carbons (Fsp3) is 0.667. The molecule has 0 aromatic heterocycles. The first-order valence-corrected chi connectivity index (χ1v) is 5.55. The van der Waals surface area contributed by atoms with E-state index in [1.165, 1.54) is 0 Å². The molecule has 3 nitrogen and oxygen atoms in total. The number of carbonyl (C=O) groups excluding carboxylic acids is 2. The van der Waals surface area contributed by atoms with Gasteiger partial charge in [-0.1, -0.05) is 5.57 Å². The Kier molecular flexibility index (Phi) is 1.60. The summed E-state index contributed by atoms with van der Waals surface area (Å²) in [7, 11) is 0. The molecule has 1 N–H and O–H groups in total. The number of rotatable bonds is 0. The molecule has 0 unspecified atom stereocenters. The summed E-state index contributed by atoms with van der Waals surface area (Å²) >= 11 is 0. The molecule has 3 aliphatic carbocycles. The smallest absolute Gasteiger partial charge is 0.172 e. The molecule has 3 rings (SSSR count). The van der Waals surface area contributed by atoms with E-state index in [2.05, 4.69) is 0 Å². The molecular weight excluding hydrogens is 192 g/mol. The first kappa shape index (κ1) is 9.28. The molecule has 0 amide bonds. The molecule has 0 aromatic rings. The van der Waals surface area contributed by atoms with Crippen LogP contribution in [0.25, 0.3) is 0 Å². The number of hydrogen-bond acceptors (Lipinski definition) is 3. The molecule has 0 saturated heterocycles. The van der Waals surface area contributed by atoms with Crippen molar-refractivity contribution in [2.24, 2.45) is 11.3 Å². The zero-order chi connectivity index (χ0) is 10.8. The average molecular weight is 206 g/mol. The van der Waals surface area contributed by atoms with Crippen LogP contribution in [0.1, 0.15) is 32.6 Å². The van der Waals surface area contributed by atoms with E-state index in [1.54, 1.807) is 0 Å². The number of aliphatic hydroxyl groups excluding tert-OH is 1. The fourth-order valence-electron chi connectivity index (χ4n) is 3.23. The van der Waals surface area contributed by atoms with E-state index in [0.717, 1.165) is 24.0 Å². The van der Waals surface area contributed by atoms with Gasteiger partial charge >= 0.3 is 0 Å². The van der Waals surface area contributed by atoms with E-state index in [9.17, 15) is 14.7 Å². The van der Waals surface area contributed by atoms with E-state index >= 15 is 0 Å². The van der Waals surface area contributed by atoms with Gasteiger partial charge in [-0.3, -0.25) is 9.59 Å². The van der Waals surface area contributed by atoms with Gasteiger partial charge in [-0.05, 0) is 26.2 Å². The maximum Gasteiger partial charge on any atom is 0.172 e. The van der Waals surface area contributed by atoms with Gasteiger partial charge in [-0.15, -0.1) is 0 Å². The van der Waals surface area contributed by atoms with Gasteiger partial charge in [-0.2, -0.15) is 0 Å². The molecule has 0 bridgehead atoms. The summed E-state index contributed by atoms with van der Waals surface area (Å²) in [6, 6.07) is 0. The number of Topliss-reactive ketones (excluding diaryl/α,β-unsaturated/α-hetero) is 2. The molecule has 3 aliphatic rings. The Balaban J connectivity index is 2.18. The number of fused-ring (bicyclic) bond motifs is 1. The zero-order valence-corrected chi connectivity index (χ0v) is 8.75. The second kappa shape index (κ2) is 2.59. The maximum atomic E-state index is 12.0. The van der Waals surface area contributed by atoms with Crippen LogP contribution in [0.5, 0.6) is 0 Å². The Morgan fingerprint density at radius 2 is 2.00 bits per heavy atom. The van der Waals surface area contributed by atoms with Crippen LogP contribution in [0.4, 0.5) is 0 Å². The van der Waals surface area contributed by atoms with Crippen molar-refractivity contribution in [3.63, 3.8) is 0 Å². The Morgan fingerprint density at radius 3 is 2.60 bits per heavy atom. The Morgan fingerprint density at radius 1 is 1.33 bits per heavy atom. The summed E-state index contributed by atoms with van der Waals surface area (Å²) in [5.74, 6) is -0.0880. The van der Waals surface area contributed by atoms with Crippen molar-refractivity contribution in [1.82, 2.24) is 0 Å². The van der Waals surface area contributed by atoms with Crippen molar-refractivity contribution in [3.05, 3.63) is 11.1 Å². The molecule has 0 aromatic carbocycles. The predicted octanol–water partition coefficient (Wildman–Crippen LogP) is 1.01. The van der Waals surface area contributed by atoms with Gasteiger partial charge in [0.05, 0.1) is 5.41 Å². The Labute approximate surface area is 88.2 Å². The minimum Gasteiger partial charge on any atom is -0.385 e. The van der Waals surface area contributed by atoms with Crippen molar-refractivity contribution in [2.75, 3.05) is 0 Å². The Hall–Kier alpha value is -0.960. The summed E-state index contributed by atoms with van der Waals surface area (Å²) in [6.07, 6.45) is 1.86. The van der Waals surface area contributed by atoms with Gasteiger partial charge in [0.25, 0.3) is 0 Å². The molecule has 3 heteroatoms. The third-order valence-electron chi connectivity index (χ3n) is 4.35. The second-order valence-corrected chi connectivity index (χ2v) is 5.00. The summed E-state index contributed by atoms with van der Waals surface area (Å²) < 4.78 is 0. The molecule has 80 valence electrons. The van der Waals surface area contributed by atoms with Crippen LogP contribution in [0.2, 0.25) is 0 Å². The van der Waals surface area contributed by atoms with E-state index in [4.69, 9.17) is 0 Å². The van der Waals surface area contributed by atoms with Crippen molar-refractivity contribution >= 4 is 11.6 Å². The lowest BCUT2D eigenvalue weighted by molar-refractivity contribution is -0.134. The number of hydrogen-bond donors (Lipinski definition) is 1. The van der Waals surface area contributed by atoms with Crippen LogP contribution in [-0.4, -0.2) is 22.8 Å². The van der Waals surface area contributed by atoms with Crippen LogP contribution >= 0.6 is 0 Å². The second-order valence-electron chi connectivity index (χ2n) is 5.00. The van der Waals surface area contributed by atoms with Crippen molar-refractivity contribution in [1.29, 1.82) is 0 Å². The predicted molar refractivity (Wildman–Crippen MR) is 53.1 cm³/mol. The molecule has 1 spiro atoms. The van der Waals surface area contributed by atoms with Crippen LogP contribution in [0.3, 0.4) is 0 Å². The van der Waals surface area contributed by atoms with Gasteiger partial charge < -0.3 is 5.11 Å². The topological polar surface area (TPSA) is 54.4 Å². The van der Waals surface area contributed by atoms with Crippen LogP contribution in [-0.2, 0) is 9.59 Å². The number of allylic oxidation sites excluding steroid dienone is 1. The highest BCUT2D eigenvalue weighted by Gasteiger charge is 2.60. The molecule has 2 saturated carbocycles. The monoisotopic (exact) mass is 206 g/mol. The molecular formula is C12H14O3. The normalized spacial score (nSPS) is 37.5. The maximum absolute atomic E-state index is 12.0. The van der Waals surface area contributed by atoms with Gasteiger partial charge in [0, 0.05) is 17.9 Å². The molecule has 0 aliphatic heterocycles. The molecule has 2 atom stereocenters. The summed E-state index contributed by atoms with van der Waals surface area (Å²) in [5, 5.41) is 9.92. The molecule has 0 heterocycles. The van der Waals surface area contributed by atoms with Gasteiger partial charge in [0.2, 0.25) is 0 Å². The third-order valence-corrected chi connectivity index (χ3v) is 4.35. The van der Waals surface area contributed by atoms with Crippen LogP contribution in [0.15, 0.2) is 11.1 Å². The number of ketones is 2. The molecule has 0 radical (unpaired) electrons. The van der Waals surface area contributed by atoms with Gasteiger partial charge in [0.1, 0.15) is 6.10 Å². The average Bonchev–Trinajstić information content (AvgIpc) is 2.93.